The molecular formula is C23H36FN5O2. The molecule has 0 bridgehead atoms. The second-order valence-corrected chi connectivity index (χ2v) is 8.65. The molecule has 3 rings (SSSR count). The number of benzene rings is 1. The number of nitrogens with one attached hydrogen (secondary N) is 1. The van der Waals surface area contributed by atoms with Crippen LogP contribution in [0.1, 0.15) is 27.2 Å². The molecule has 1 N–H and O–H groups in total. The molecular weight excluding hydrogens is 397 g/mol. The number of amides is 2. The fraction of sp³-hybridized carbons (Fsp3) is 0.652. The third-order valence-corrected chi connectivity index (χ3v) is 6.48. The smallest absolute Gasteiger partial charge is 0.239 e. The van der Waals surface area contributed by atoms with Crippen LogP contribution in [-0.2, 0) is 9.59 Å². The maximum absolute atomic E-state index is 13.1. The van der Waals surface area contributed by atoms with Crippen LogP contribution in [-0.4, -0.2) is 97.5 Å². The summed E-state index contributed by atoms with van der Waals surface area (Å²) in [5.41, 5.74) is 0.995. The molecule has 2 fully saturated rings. The van der Waals surface area contributed by atoms with Crippen LogP contribution in [0.15, 0.2) is 24.3 Å². The molecule has 0 aromatic heterocycles. The number of hydrogen-bond acceptors (Lipinski definition) is 5. The van der Waals surface area contributed by atoms with E-state index in [1.165, 1.54) is 12.1 Å². The Morgan fingerprint density at radius 3 is 2.16 bits per heavy atom. The fourth-order valence-corrected chi connectivity index (χ4v) is 4.19. The molecule has 2 saturated heterocycles. The Morgan fingerprint density at radius 2 is 1.58 bits per heavy atom. The summed E-state index contributed by atoms with van der Waals surface area (Å²) in [7, 11) is 0. The van der Waals surface area contributed by atoms with Crippen molar-refractivity contribution in [2.45, 2.75) is 39.3 Å². The first-order valence-electron chi connectivity index (χ1n) is 11.4. The van der Waals surface area contributed by atoms with Crippen LogP contribution in [0.25, 0.3) is 0 Å². The molecule has 2 unspecified atom stereocenters. The van der Waals surface area contributed by atoms with E-state index in [4.69, 9.17) is 0 Å². The second kappa shape index (κ2) is 10.9. The molecule has 2 atom stereocenters. The molecule has 2 aliphatic heterocycles. The number of halogens is 1. The van der Waals surface area contributed by atoms with E-state index < -0.39 is 0 Å². The van der Waals surface area contributed by atoms with Crippen molar-refractivity contribution in [2.75, 3.05) is 63.8 Å². The van der Waals surface area contributed by atoms with Gasteiger partial charge in [0.1, 0.15) is 5.82 Å². The molecule has 0 radical (unpaired) electrons. The highest BCUT2D eigenvalue weighted by Gasteiger charge is 2.31. The second-order valence-electron chi connectivity index (χ2n) is 8.65. The number of hydrogen-bond donors (Lipinski definition) is 1. The Balaban J connectivity index is 1.42. The van der Waals surface area contributed by atoms with E-state index in [0.29, 0.717) is 19.6 Å². The molecule has 7 nitrogen and oxygen atoms in total. The molecule has 1 aromatic rings. The van der Waals surface area contributed by atoms with Gasteiger partial charge in [0.25, 0.3) is 0 Å². The predicted octanol–water partition coefficient (Wildman–Crippen LogP) is 1.40. The third kappa shape index (κ3) is 6.40. The number of nitrogens with zero attached hydrogens (tertiary/aromatic N) is 4. The van der Waals surface area contributed by atoms with Gasteiger partial charge in [-0.05, 0) is 44.5 Å². The lowest BCUT2D eigenvalue weighted by Crippen LogP contribution is -2.58. The highest BCUT2D eigenvalue weighted by atomic mass is 19.1. The van der Waals surface area contributed by atoms with Crippen molar-refractivity contribution in [1.29, 1.82) is 0 Å². The van der Waals surface area contributed by atoms with Crippen molar-refractivity contribution in [1.82, 2.24) is 20.0 Å². The van der Waals surface area contributed by atoms with E-state index in [1.54, 1.807) is 12.1 Å². The van der Waals surface area contributed by atoms with Gasteiger partial charge in [-0.15, -0.1) is 0 Å². The average Bonchev–Trinajstić information content (AvgIpc) is 2.79. The number of piperazine rings is 2. The van der Waals surface area contributed by atoms with Gasteiger partial charge in [-0.1, -0.05) is 6.92 Å². The van der Waals surface area contributed by atoms with Crippen molar-refractivity contribution < 1.29 is 14.0 Å². The molecule has 172 valence electrons. The number of carbonyl (C=O) groups excluding carboxylic acids is 2. The number of carbonyl (C=O) groups is 2. The summed E-state index contributed by atoms with van der Waals surface area (Å²) in [5, 5.41) is 3.01. The zero-order valence-electron chi connectivity index (χ0n) is 19.0. The molecule has 0 spiro atoms. The topological polar surface area (TPSA) is 59.1 Å². The predicted molar refractivity (Wildman–Crippen MR) is 121 cm³/mol. The monoisotopic (exact) mass is 433 g/mol. The normalized spacial score (nSPS) is 20.4. The van der Waals surface area contributed by atoms with Crippen molar-refractivity contribution in [3.8, 4) is 0 Å². The zero-order valence-corrected chi connectivity index (χ0v) is 19.0. The standard InChI is InChI=1S/C23H36FN5O2/c1-4-18(2)25-22(30)17-26-9-11-27(12-10-26)19(3)23(31)29-15-13-28(14-16-29)21-7-5-20(24)6-8-21/h5-8,18-19H,4,9-17H2,1-3H3,(H,25,30). The van der Waals surface area contributed by atoms with E-state index >= 15 is 0 Å². The first-order valence-corrected chi connectivity index (χ1v) is 11.4. The summed E-state index contributed by atoms with van der Waals surface area (Å²) in [4.78, 5) is 33.7. The lowest BCUT2D eigenvalue weighted by atomic mass is 10.1. The molecule has 1 aromatic carbocycles. The Kier molecular flexibility index (Phi) is 8.26. The van der Waals surface area contributed by atoms with Gasteiger partial charge in [0.2, 0.25) is 11.8 Å². The molecule has 2 heterocycles. The van der Waals surface area contributed by atoms with Gasteiger partial charge in [0.05, 0.1) is 12.6 Å². The van der Waals surface area contributed by atoms with Gasteiger partial charge in [-0.3, -0.25) is 19.4 Å². The van der Waals surface area contributed by atoms with E-state index in [-0.39, 0.29) is 29.7 Å². The van der Waals surface area contributed by atoms with E-state index in [2.05, 4.69) is 26.9 Å². The summed E-state index contributed by atoms with van der Waals surface area (Å²) in [6.07, 6.45) is 0.928. The van der Waals surface area contributed by atoms with Crippen molar-refractivity contribution in [3.05, 3.63) is 30.1 Å². The molecule has 31 heavy (non-hydrogen) atoms. The van der Waals surface area contributed by atoms with Crippen LogP contribution >= 0.6 is 0 Å². The van der Waals surface area contributed by atoms with Crippen LogP contribution in [0.3, 0.4) is 0 Å². The van der Waals surface area contributed by atoms with Gasteiger partial charge in [0.15, 0.2) is 0 Å². The Morgan fingerprint density at radius 1 is 0.968 bits per heavy atom. The van der Waals surface area contributed by atoms with Gasteiger partial charge >= 0.3 is 0 Å². The summed E-state index contributed by atoms with van der Waals surface area (Å²) < 4.78 is 13.1. The minimum Gasteiger partial charge on any atom is -0.368 e. The van der Waals surface area contributed by atoms with E-state index in [0.717, 1.165) is 51.4 Å². The average molecular weight is 434 g/mol. The maximum atomic E-state index is 13.1. The first-order chi connectivity index (χ1) is 14.9. The first kappa shape index (κ1) is 23.5. The molecule has 8 heteroatoms. The quantitative estimate of drug-likeness (QED) is 0.704. The summed E-state index contributed by atoms with van der Waals surface area (Å²) >= 11 is 0. The summed E-state index contributed by atoms with van der Waals surface area (Å²) in [6.45, 7) is 12.5. The molecule has 2 amide bonds. The third-order valence-electron chi connectivity index (χ3n) is 6.48. The van der Waals surface area contributed by atoms with Gasteiger partial charge in [0, 0.05) is 64.1 Å². The highest BCUT2D eigenvalue weighted by molar-refractivity contribution is 5.82. The minimum absolute atomic E-state index is 0.0750. The minimum atomic E-state index is -0.234. The summed E-state index contributed by atoms with van der Waals surface area (Å²) in [6, 6.07) is 6.57. The largest absolute Gasteiger partial charge is 0.368 e. The van der Waals surface area contributed by atoms with Crippen LogP contribution in [0, 0.1) is 5.82 Å². The zero-order chi connectivity index (χ0) is 22.4. The van der Waals surface area contributed by atoms with Gasteiger partial charge in [-0.2, -0.15) is 0 Å². The van der Waals surface area contributed by atoms with Crippen molar-refractivity contribution in [3.63, 3.8) is 0 Å². The fourth-order valence-electron chi connectivity index (χ4n) is 4.19. The molecule has 0 saturated carbocycles. The highest BCUT2D eigenvalue weighted by Crippen LogP contribution is 2.18. The molecule has 2 aliphatic rings. The van der Waals surface area contributed by atoms with Crippen LogP contribution in [0.4, 0.5) is 10.1 Å². The molecule has 0 aliphatic carbocycles. The lowest BCUT2D eigenvalue weighted by molar-refractivity contribution is -0.137. The Bertz CT molecular complexity index is 728. The Labute approximate surface area is 185 Å². The lowest BCUT2D eigenvalue weighted by Gasteiger charge is -2.41. The summed E-state index contributed by atoms with van der Waals surface area (Å²) in [5.74, 6) is 0.00954. The maximum Gasteiger partial charge on any atom is 0.239 e. The number of rotatable bonds is 7. The van der Waals surface area contributed by atoms with E-state index in [1.807, 2.05) is 18.7 Å². The van der Waals surface area contributed by atoms with Gasteiger partial charge < -0.3 is 15.1 Å². The number of anilines is 1. The van der Waals surface area contributed by atoms with Crippen LogP contribution < -0.4 is 10.2 Å². The van der Waals surface area contributed by atoms with Crippen LogP contribution in [0.5, 0.6) is 0 Å². The van der Waals surface area contributed by atoms with Gasteiger partial charge in [-0.25, -0.2) is 4.39 Å². The van der Waals surface area contributed by atoms with E-state index in [9.17, 15) is 14.0 Å². The van der Waals surface area contributed by atoms with Crippen molar-refractivity contribution >= 4 is 17.5 Å². The Hall–Kier alpha value is -2.19. The SMILES string of the molecule is CCC(C)NC(=O)CN1CCN(C(C)C(=O)N2CCN(c3ccc(F)cc3)CC2)CC1. The van der Waals surface area contributed by atoms with Crippen LogP contribution in [0.2, 0.25) is 0 Å². The van der Waals surface area contributed by atoms with Crippen molar-refractivity contribution in [2.24, 2.45) is 0 Å².